The van der Waals surface area contributed by atoms with Crippen molar-refractivity contribution in [1.29, 1.82) is 0 Å². The van der Waals surface area contributed by atoms with Gasteiger partial charge in [0.15, 0.2) is 0 Å². The molecule has 0 aliphatic carbocycles. The molecule has 0 atom stereocenters. The number of nitrogens with zero attached hydrogens (tertiary/aromatic N) is 1. The molecule has 0 bridgehead atoms. The minimum absolute atomic E-state index is 0.243. The summed E-state index contributed by atoms with van der Waals surface area (Å²) in [5, 5.41) is 0.542. The highest BCUT2D eigenvalue weighted by molar-refractivity contribution is 9.10. The van der Waals surface area contributed by atoms with Crippen LogP contribution in [0, 0.1) is 5.82 Å². The maximum Gasteiger partial charge on any atom is 0.133 e. The molecule has 2 rings (SSSR count). The third-order valence-corrected chi connectivity index (χ3v) is 2.33. The van der Waals surface area contributed by atoms with Crippen LogP contribution in [-0.2, 0) is 0 Å². The zero-order valence-electron chi connectivity index (χ0n) is 6.09. The average molecular weight is 226 g/mol. The highest BCUT2D eigenvalue weighted by Crippen LogP contribution is 2.23. The topological polar surface area (TPSA) is 12.9 Å². The van der Waals surface area contributed by atoms with Crippen LogP contribution >= 0.6 is 15.9 Å². The van der Waals surface area contributed by atoms with Gasteiger partial charge in [0.25, 0.3) is 0 Å². The van der Waals surface area contributed by atoms with E-state index in [2.05, 4.69) is 20.9 Å². The lowest BCUT2D eigenvalue weighted by atomic mass is 10.2. The van der Waals surface area contributed by atoms with Crippen LogP contribution in [0.15, 0.2) is 34.9 Å². The molecule has 1 aromatic carbocycles. The van der Waals surface area contributed by atoms with E-state index in [4.69, 9.17) is 0 Å². The van der Waals surface area contributed by atoms with Gasteiger partial charge in [-0.1, -0.05) is 6.07 Å². The van der Waals surface area contributed by atoms with Crippen LogP contribution in [-0.4, -0.2) is 4.98 Å². The summed E-state index contributed by atoms with van der Waals surface area (Å²) in [7, 11) is 0. The van der Waals surface area contributed by atoms with E-state index >= 15 is 0 Å². The molecule has 1 heterocycles. The molecule has 1 aromatic heterocycles. The first-order valence-corrected chi connectivity index (χ1v) is 4.27. The van der Waals surface area contributed by atoms with Gasteiger partial charge in [0, 0.05) is 10.7 Å². The van der Waals surface area contributed by atoms with Gasteiger partial charge in [-0.05, 0) is 34.1 Å². The Hall–Kier alpha value is -0.960. The summed E-state index contributed by atoms with van der Waals surface area (Å²) >= 11 is 3.27. The Morgan fingerprint density at radius 3 is 2.83 bits per heavy atom. The third-order valence-electron chi connectivity index (χ3n) is 1.66. The Labute approximate surface area is 77.4 Å². The Morgan fingerprint density at radius 2 is 2.08 bits per heavy atom. The predicted octanol–water partition coefficient (Wildman–Crippen LogP) is 3.14. The summed E-state index contributed by atoms with van der Waals surface area (Å²) < 4.78 is 13.9. The van der Waals surface area contributed by atoms with E-state index in [0.717, 1.165) is 4.47 Å². The van der Waals surface area contributed by atoms with Crippen molar-refractivity contribution in [2.24, 2.45) is 0 Å². The van der Waals surface area contributed by atoms with Crippen molar-refractivity contribution in [2.45, 2.75) is 0 Å². The van der Waals surface area contributed by atoms with Crippen LogP contribution in [0.25, 0.3) is 10.9 Å². The molecule has 12 heavy (non-hydrogen) atoms. The van der Waals surface area contributed by atoms with E-state index in [1.165, 1.54) is 6.07 Å². The van der Waals surface area contributed by atoms with E-state index in [1.807, 2.05) is 0 Å². The monoisotopic (exact) mass is 225 g/mol. The maximum atomic E-state index is 13.2. The molecule has 0 radical (unpaired) electrons. The van der Waals surface area contributed by atoms with Gasteiger partial charge in [-0.2, -0.15) is 0 Å². The van der Waals surface area contributed by atoms with Crippen molar-refractivity contribution in [2.75, 3.05) is 0 Å². The fraction of sp³-hybridized carbons (Fsp3) is 0. The van der Waals surface area contributed by atoms with Crippen molar-refractivity contribution < 1.29 is 4.39 Å². The number of hydrogen-bond acceptors (Lipinski definition) is 1. The van der Waals surface area contributed by atoms with Crippen LogP contribution in [0.3, 0.4) is 0 Å². The van der Waals surface area contributed by atoms with E-state index in [0.29, 0.717) is 10.9 Å². The van der Waals surface area contributed by atoms with Crippen molar-refractivity contribution >= 4 is 26.8 Å². The zero-order chi connectivity index (χ0) is 8.55. The first kappa shape index (κ1) is 7.68. The fourth-order valence-electron chi connectivity index (χ4n) is 1.12. The summed E-state index contributed by atoms with van der Waals surface area (Å²) in [6, 6.07) is 6.58. The molecule has 0 aliphatic heterocycles. The fourth-order valence-corrected chi connectivity index (χ4v) is 1.63. The van der Waals surface area contributed by atoms with Crippen LogP contribution < -0.4 is 0 Å². The molecule has 0 aliphatic rings. The van der Waals surface area contributed by atoms with E-state index < -0.39 is 0 Å². The Kier molecular flexibility index (Phi) is 1.81. The van der Waals surface area contributed by atoms with E-state index in [-0.39, 0.29) is 5.82 Å². The molecule has 0 spiro atoms. The minimum atomic E-state index is -0.243. The first-order chi connectivity index (χ1) is 5.79. The zero-order valence-corrected chi connectivity index (χ0v) is 7.68. The molecule has 60 valence electrons. The number of hydrogen-bond donors (Lipinski definition) is 0. The highest BCUT2D eigenvalue weighted by Gasteiger charge is 2.03. The predicted molar refractivity (Wildman–Crippen MR) is 49.4 cm³/mol. The number of benzene rings is 1. The number of pyridine rings is 1. The summed E-state index contributed by atoms with van der Waals surface area (Å²) in [5.41, 5.74) is 0.671. The van der Waals surface area contributed by atoms with Crippen molar-refractivity contribution in [3.63, 3.8) is 0 Å². The largest absolute Gasteiger partial charge is 0.256 e. The van der Waals surface area contributed by atoms with Crippen molar-refractivity contribution in [3.8, 4) is 0 Å². The van der Waals surface area contributed by atoms with E-state index in [1.54, 1.807) is 24.4 Å². The second-order valence-corrected chi connectivity index (χ2v) is 3.28. The second-order valence-electron chi connectivity index (χ2n) is 2.43. The molecule has 3 heteroatoms. The summed E-state index contributed by atoms with van der Waals surface area (Å²) in [6.07, 6.45) is 1.64. The normalized spacial score (nSPS) is 10.5. The van der Waals surface area contributed by atoms with Gasteiger partial charge in [0.05, 0.1) is 10.9 Å². The number of fused-ring (bicyclic) bond motifs is 1. The Balaban J connectivity index is 2.96. The summed E-state index contributed by atoms with van der Waals surface area (Å²) in [6.45, 7) is 0. The molecule has 0 N–H and O–H groups in total. The van der Waals surface area contributed by atoms with Crippen LogP contribution in [0.5, 0.6) is 0 Å². The molecule has 1 nitrogen and oxygen atoms in total. The lowest BCUT2D eigenvalue weighted by molar-refractivity contribution is 0.639. The Morgan fingerprint density at radius 1 is 1.25 bits per heavy atom. The van der Waals surface area contributed by atoms with E-state index in [9.17, 15) is 4.39 Å². The van der Waals surface area contributed by atoms with Crippen LogP contribution in [0.2, 0.25) is 0 Å². The van der Waals surface area contributed by atoms with Gasteiger partial charge in [0.1, 0.15) is 5.82 Å². The molecule has 0 saturated heterocycles. The summed E-state index contributed by atoms with van der Waals surface area (Å²) in [5.74, 6) is -0.243. The quantitative estimate of drug-likeness (QED) is 0.672. The number of halogens is 2. The van der Waals surface area contributed by atoms with Gasteiger partial charge in [-0.15, -0.1) is 0 Å². The first-order valence-electron chi connectivity index (χ1n) is 3.48. The highest BCUT2D eigenvalue weighted by atomic mass is 79.9. The smallest absolute Gasteiger partial charge is 0.133 e. The van der Waals surface area contributed by atoms with Crippen LogP contribution in [0.1, 0.15) is 0 Å². The lowest BCUT2D eigenvalue weighted by Crippen LogP contribution is -1.83. The second kappa shape index (κ2) is 2.83. The number of rotatable bonds is 0. The van der Waals surface area contributed by atoms with Gasteiger partial charge in [-0.3, -0.25) is 4.98 Å². The molecule has 2 aromatic rings. The van der Waals surface area contributed by atoms with Crippen LogP contribution in [0.4, 0.5) is 4.39 Å². The minimum Gasteiger partial charge on any atom is -0.256 e. The standard InChI is InChI=1S/C9H5BrFN/c10-6-4-5-12-8-3-1-2-7(11)9(6)8/h1-5H. The van der Waals surface area contributed by atoms with Gasteiger partial charge >= 0.3 is 0 Å². The van der Waals surface area contributed by atoms with Gasteiger partial charge in [-0.25, -0.2) is 4.39 Å². The molecule has 0 amide bonds. The molecule has 0 saturated carbocycles. The number of aromatic nitrogens is 1. The Bertz CT molecular complexity index is 391. The molecule has 0 fully saturated rings. The molecular formula is C9H5BrFN. The molecular weight excluding hydrogens is 221 g/mol. The average Bonchev–Trinajstić information content (AvgIpc) is 2.04. The maximum absolute atomic E-state index is 13.2. The molecule has 0 unspecified atom stereocenters. The van der Waals surface area contributed by atoms with Crippen molar-refractivity contribution in [1.82, 2.24) is 4.98 Å². The lowest BCUT2D eigenvalue weighted by Gasteiger charge is -1.99. The summed E-state index contributed by atoms with van der Waals surface area (Å²) in [4.78, 5) is 4.03. The van der Waals surface area contributed by atoms with Crippen molar-refractivity contribution in [3.05, 3.63) is 40.8 Å². The van der Waals surface area contributed by atoms with Gasteiger partial charge < -0.3 is 0 Å². The third kappa shape index (κ3) is 1.10. The SMILES string of the molecule is Fc1cccc2nccc(Br)c12. The van der Waals surface area contributed by atoms with Gasteiger partial charge in [0.2, 0.25) is 0 Å².